The lowest BCUT2D eigenvalue weighted by Gasteiger charge is -2.20. The van der Waals surface area contributed by atoms with Crippen LogP contribution in [0.4, 0.5) is 5.69 Å². The summed E-state index contributed by atoms with van der Waals surface area (Å²) >= 11 is 0. The van der Waals surface area contributed by atoms with Crippen molar-refractivity contribution >= 4 is 45.0 Å². The first-order valence-electron chi connectivity index (χ1n) is 13.9. The molecule has 2 aliphatic rings. The summed E-state index contributed by atoms with van der Waals surface area (Å²) in [6.45, 7) is 2.84. The van der Waals surface area contributed by atoms with Gasteiger partial charge in [-0.2, -0.15) is 0 Å². The second-order valence-electron chi connectivity index (χ2n) is 10.7. The van der Waals surface area contributed by atoms with E-state index in [1.54, 1.807) is 40.3 Å². The summed E-state index contributed by atoms with van der Waals surface area (Å²) < 4.78 is 23.2. The number of hydrogen-bond acceptors (Lipinski definition) is 7. The highest BCUT2D eigenvalue weighted by molar-refractivity contribution is 6.16. The number of methoxy groups -OCH3 is 4. The molecule has 216 valence electrons. The topological polar surface area (TPSA) is 77.5 Å². The van der Waals surface area contributed by atoms with Crippen LogP contribution in [-0.2, 0) is 17.6 Å². The van der Waals surface area contributed by atoms with Crippen LogP contribution in [-0.4, -0.2) is 65.2 Å². The number of fused-ring (bicyclic) bond motifs is 6. The van der Waals surface area contributed by atoms with Gasteiger partial charge < -0.3 is 28.7 Å². The van der Waals surface area contributed by atoms with Gasteiger partial charge >= 0.3 is 0 Å². The Morgan fingerprint density at radius 2 is 1.52 bits per heavy atom. The highest BCUT2D eigenvalue weighted by Gasteiger charge is 2.29. The van der Waals surface area contributed by atoms with Crippen molar-refractivity contribution in [2.24, 2.45) is 0 Å². The van der Waals surface area contributed by atoms with Gasteiger partial charge in [-0.25, -0.2) is 0 Å². The maximum absolute atomic E-state index is 14.0. The van der Waals surface area contributed by atoms with Crippen molar-refractivity contribution in [2.75, 3.05) is 53.5 Å². The minimum Gasteiger partial charge on any atom is -0.493 e. The number of ketones is 1. The van der Waals surface area contributed by atoms with Crippen molar-refractivity contribution in [2.45, 2.75) is 19.8 Å². The summed E-state index contributed by atoms with van der Waals surface area (Å²) in [7, 11) is 8.46. The average Bonchev–Trinajstić information content (AvgIpc) is 3.36. The molecule has 8 heteroatoms. The molecule has 0 N–H and O–H groups in total. The van der Waals surface area contributed by atoms with Crippen LogP contribution >= 0.6 is 0 Å². The monoisotopic (exact) mass is 566 g/mol. The van der Waals surface area contributed by atoms with Crippen LogP contribution in [0.5, 0.6) is 23.0 Å². The lowest BCUT2D eigenvalue weighted by Crippen LogP contribution is -2.26. The summed E-state index contributed by atoms with van der Waals surface area (Å²) in [4.78, 5) is 29.8. The standard InChI is InChI=1S/C34H34N2O6/c1-19(37)36-14-11-21-15-22(8-10-27(21)36)32(38)28-17-26-23(12-13-35(28)2)24-9-7-20-16-29(39-3)30(40-4)18-25(20)31(24)34(42-6)33(26)41-5/h7-10,15-18H,11-14H2,1-6H3. The summed E-state index contributed by atoms with van der Waals surface area (Å²) in [5.74, 6) is 2.38. The first-order chi connectivity index (χ1) is 20.3. The number of rotatable bonds is 6. The number of hydrogen-bond donors (Lipinski definition) is 0. The number of carbonyl (C=O) groups excluding carboxylic acids is 2. The number of allylic oxidation sites excluding steroid dienone is 1. The third kappa shape index (κ3) is 4.21. The summed E-state index contributed by atoms with van der Waals surface area (Å²) in [6.07, 6.45) is 3.36. The van der Waals surface area contributed by atoms with E-state index in [0.717, 1.165) is 50.3 Å². The first-order valence-corrected chi connectivity index (χ1v) is 13.9. The zero-order valence-corrected chi connectivity index (χ0v) is 24.8. The Kier molecular flexibility index (Phi) is 6.93. The molecule has 2 aliphatic heterocycles. The summed E-state index contributed by atoms with van der Waals surface area (Å²) in [5.41, 5.74) is 4.98. The number of nitrogens with zero attached hydrogens (tertiary/aromatic N) is 2. The largest absolute Gasteiger partial charge is 0.493 e. The van der Waals surface area contributed by atoms with Gasteiger partial charge in [-0.15, -0.1) is 0 Å². The van der Waals surface area contributed by atoms with Crippen LogP contribution in [0.1, 0.15) is 34.0 Å². The molecule has 6 rings (SSSR count). The summed E-state index contributed by atoms with van der Waals surface area (Å²) in [5, 5.41) is 3.89. The number of Topliss-reactive ketones (excluding diaryl/α,β-unsaturated/α-hetero) is 1. The maximum atomic E-state index is 14.0. The van der Waals surface area contributed by atoms with Crippen LogP contribution in [0.15, 0.2) is 48.2 Å². The molecule has 0 unspecified atom stereocenters. The van der Waals surface area contributed by atoms with E-state index >= 15 is 0 Å². The van der Waals surface area contributed by atoms with Crippen LogP contribution < -0.4 is 23.8 Å². The minimum absolute atomic E-state index is 0.00859. The predicted molar refractivity (Wildman–Crippen MR) is 164 cm³/mol. The Balaban J connectivity index is 1.55. The molecule has 4 aromatic carbocycles. The number of likely N-dealkylation sites (N-methyl/N-ethyl adjacent to an activating group) is 1. The SMILES string of the molecule is COc1cc2ccc3c4c(c(OC)c(OC)c3c2cc1OC)C=C(C(=O)c1ccc2c(c1)CCN2C(C)=O)N(C)CC4. The first kappa shape index (κ1) is 27.4. The maximum Gasteiger partial charge on any atom is 0.223 e. The van der Waals surface area contributed by atoms with E-state index in [9.17, 15) is 9.59 Å². The zero-order valence-electron chi connectivity index (χ0n) is 24.8. The quantitative estimate of drug-likeness (QED) is 0.221. The van der Waals surface area contributed by atoms with Crippen LogP contribution in [0.3, 0.4) is 0 Å². The highest BCUT2D eigenvalue weighted by atomic mass is 16.5. The van der Waals surface area contributed by atoms with Crippen molar-refractivity contribution in [3.05, 3.63) is 70.4 Å². The molecule has 8 nitrogen and oxygen atoms in total. The lowest BCUT2D eigenvalue weighted by molar-refractivity contribution is -0.116. The molecule has 0 fully saturated rings. The van der Waals surface area contributed by atoms with Gasteiger partial charge in [-0.05, 0) is 76.5 Å². The van der Waals surface area contributed by atoms with Gasteiger partial charge in [0.25, 0.3) is 0 Å². The van der Waals surface area contributed by atoms with Gasteiger partial charge in [0.05, 0.1) is 34.1 Å². The highest BCUT2D eigenvalue weighted by Crippen LogP contribution is 2.48. The normalized spacial score (nSPS) is 14.3. The van der Waals surface area contributed by atoms with E-state index in [1.807, 2.05) is 48.4 Å². The number of ether oxygens (including phenoxy) is 4. The molecule has 1 amide bonds. The molecule has 0 aromatic heterocycles. The van der Waals surface area contributed by atoms with Crippen LogP contribution in [0.2, 0.25) is 0 Å². The van der Waals surface area contributed by atoms with Gasteiger partial charge in [0.2, 0.25) is 11.7 Å². The number of carbonyl (C=O) groups is 2. The molecular formula is C34H34N2O6. The molecule has 0 atom stereocenters. The Morgan fingerprint density at radius 3 is 2.21 bits per heavy atom. The van der Waals surface area contributed by atoms with E-state index in [-0.39, 0.29) is 11.7 Å². The fourth-order valence-corrected chi connectivity index (χ4v) is 6.39. The molecule has 2 heterocycles. The molecular weight excluding hydrogens is 532 g/mol. The Labute approximate surface area is 245 Å². The molecule has 0 spiro atoms. The lowest BCUT2D eigenvalue weighted by atomic mass is 9.91. The summed E-state index contributed by atoms with van der Waals surface area (Å²) in [6, 6.07) is 13.7. The fourth-order valence-electron chi connectivity index (χ4n) is 6.39. The van der Waals surface area contributed by atoms with Gasteiger partial charge in [0.1, 0.15) is 0 Å². The van der Waals surface area contributed by atoms with E-state index in [4.69, 9.17) is 18.9 Å². The van der Waals surface area contributed by atoms with E-state index in [1.165, 1.54) is 0 Å². The molecule has 42 heavy (non-hydrogen) atoms. The zero-order chi connectivity index (χ0) is 29.7. The third-order valence-electron chi connectivity index (χ3n) is 8.50. The van der Waals surface area contributed by atoms with Crippen LogP contribution in [0, 0.1) is 0 Å². The van der Waals surface area contributed by atoms with Crippen molar-refractivity contribution in [1.82, 2.24) is 4.90 Å². The van der Waals surface area contributed by atoms with Crippen molar-refractivity contribution in [1.29, 1.82) is 0 Å². The van der Waals surface area contributed by atoms with Gasteiger partial charge in [0, 0.05) is 49.3 Å². The number of anilines is 1. The molecule has 0 saturated heterocycles. The minimum atomic E-state index is -0.0779. The second kappa shape index (κ2) is 10.6. The van der Waals surface area contributed by atoms with E-state index in [2.05, 4.69) is 12.1 Å². The number of benzene rings is 4. The molecule has 0 radical (unpaired) electrons. The molecule has 0 bridgehead atoms. The van der Waals surface area contributed by atoms with Crippen LogP contribution in [0.25, 0.3) is 27.6 Å². The van der Waals surface area contributed by atoms with Gasteiger partial charge in [0.15, 0.2) is 23.0 Å². The van der Waals surface area contributed by atoms with E-state index in [0.29, 0.717) is 53.8 Å². The van der Waals surface area contributed by atoms with Gasteiger partial charge in [-0.3, -0.25) is 9.59 Å². The Hall–Kier alpha value is -4.72. The fraction of sp³-hybridized carbons (Fsp3) is 0.294. The van der Waals surface area contributed by atoms with Crippen molar-refractivity contribution in [3.63, 3.8) is 0 Å². The van der Waals surface area contributed by atoms with Gasteiger partial charge in [-0.1, -0.05) is 12.1 Å². The predicted octanol–water partition coefficient (Wildman–Crippen LogP) is 5.65. The smallest absolute Gasteiger partial charge is 0.223 e. The van der Waals surface area contributed by atoms with Crippen molar-refractivity contribution < 1.29 is 28.5 Å². The average molecular weight is 567 g/mol. The Morgan fingerprint density at radius 1 is 0.786 bits per heavy atom. The second-order valence-corrected chi connectivity index (χ2v) is 10.7. The third-order valence-corrected chi connectivity index (χ3v) is 8.50. The molecule has 4 aromatic rings. The van der Waals surface area contributed by atoms with Crippen molar-refractivity contribution in [3.8, 4) is 23.0 Å². The number of amides is 1. The molecule has 0 saturated carbocycles. The van der Waals surface area contributed by atoms with E-state index < -0.39 is 0 Å². The molecule has 0 aliphatic carbocycles. The Bertz CT molecular complexity index is 1810.